The molecule has 31 heavy (non-hydrogen) atoms. The molecule has 1 atom stereocenters. The van der Waals surface area contributed by atoms with Gasteiger partial charge in [-0.05, 0) is 57.6 Å². The van der Waals surface area contributed by atoms with Crippen molar-refractivity contribution >= 4 is 27.5 Å². The first-order chi connectivity index (χ1) is 14.8. The van der Waals surface area contributed by atoms with Crippen LogP contribution >= 0.6 is 11.3 Å². The number of aromatic nitrogens is 1. The summed E-state index contributed by atoms with van der Waals surface area (Å²) >= 11 is 1.24. The van der Waals surface area contributed by atoms with E-state index in [1.54, 1.807) is 12.1 Å². The van der Waals surface area contributed by atoms with Crippen LogP contribution in [0.1, 0.15) is 59.3 Å². The molecule has 170 valence electrons. The van der Waals surface area contributed by atoms with Crippen LogP contribution in [-0.4, -0.2) is 42.4 Å². The van der Waals surface area contributed by atoms with Crippen molar-refractivity contribution < 1.29 is 23.4 Å². The molecule has 2 aliphatic rings. The molecule has 1 heterocycles. The standard InChI is InChI=1S/C23H31FN2O4S/c1-14(25-15(2)27)12-28-16-4-6-17(7-5-16)30-19-9-8-18-21(20(19)24)31-22(26-18)29-13-23(3)10-11-23/h8-9,14,16-17H,4-7,10-13H2,1-3H3,(H,25,27)/t14-,16-,17-/m0/s1. The van der Waals surface area contributed by atoms with E-state index in [0.717, 1.165) is 25.7 Å². The Labute approximate surface area is 186 Å². The predicted molar refractivity (Wildman–Crippen MR) is 118 cm³/mol. The van der Waals surface area contributed by atoms with E-state index in [2.05, 4.69) is 17.2 Å². The average Bonchev–Trinajstić information content (AvgIpc) is 3.31. The summed E-state index contributed by atoms with van der Waals surface area (Å²) in [6, 6.07) is 3.46. The molecule has 1 amide bonds. The number of amides is 1. The molecule has 0 unspecified atom stereocenters. The molecule has 0 spiro atoms. The molecule has 6 nitrogen and oxygen atoms in total. The van der Waals surface area contributed by atoms with Gasteiger partial charge in [-0.15, -0.1) is 0 Å². The zero-order valence-corrected chi connectivity index (χ0v) is 19.2. The van der Waals surface area contributed by atoms with Crippen molar-refractivity contribution in [2.45, 2.75) is 77.5 Å². The Balaban J connectivity index is 1.28. The second-order valence-corrected chi connectivity index (χ2v) is 10.2. The van der Waals surface area contributed by atoms with Crippen LogP contribution in [0.3, 0.4) is 0 Å². The SMILES string of the molecule is CC(=O)N[C@@H](C)CO[C@H]1CC[C@H](Oc2ccc3nc(OCC4(C)CC4)sc3c2F)CC1. The van der Waals surface area contributed by atoms with E-state index >= 15 is 4.39 Å². The zero-order valence-electron chi connectivity index (χ0n) is 18.4. The number of carbonyl (C=O) groups excluding carboxylic acids is 1. The van der Waals surface area contributed by atoms with Crippen LogP contribution in [-0.2, 0) is 9.53 Å². The van der Waals surface area contributed by atoms with Crippen LogP contribution in [0.25, 0.3) is 10.2 Å². The molecule has 1 aromatic heterocycles. The van der Waals surface area contributed by atoms with E-state index in [9.17, 15) is 4.79 Å². The lowest BCUT2D eigenvalue weighted by atomic mass is 9.95. The van der Waals surface area contributed by atoms with Gasteiger partial charge in [0.05, 0.1) is 35.6 Å². The van der Waals surface area contributed by atoms with Gasteiger partial charge in [0.2, 0.25) is 5.91 Å². The lowest BCUT2D eigenvalue weighted by Gasteiger charge is -2.30. The molecule has 2 aromatic rings. The van der Waals surface area contributed by atoms with Gasteiger partial charge in [0, 0.05) is 18.4 Å². The van der Waals surface area contributed by atoms with Crippen molar-refractivity contribution in [3.8, 4) is 10.9 Å². The highest BCUT2D eigenvalue weighted by molar-refractivity contribution is 7.20. The Bertz CT molecular complexity index is 922. The van der Waals surface area contributed by atoms with E-state index in [0.29, 0.717) is 28.6 Å². The third kappa shape index (κ3) is 5.86. The van der Waals surface area contributed by atoms with Crippen LogP contribution in [0, 0.1) is 11.2 Å². The Hall–Kier alpha value is -1.93. The molecule has 2 saturated carbocycles. The monoisotopic (exact) mass is 450 g/mol. The van der Waals surface area contributed by atoms with Crippen molar-refractivity contribution in [1.82, 2.24) is 10.3 Å². The fraction of sp³-hybridized carbons (Fsp3) is 0.652. The minimum absolute atomic E-state index is 0.00675. The topological polar surface area (TPSA) is 69.7 Å². The van der Waals surface area contributed by atoms with Gasteiger partial charge >= 0.3 is 0 Å². The molecule has 4 rings (SSSR count). The highest BCUT2D eigenvalue weighted by Crippen LogP contribution is 2.45. The van der Waals surface area contributed by atoms with Gasteiger partial charge in [-0.2, -0.15) is 0 Å². The van der Waals surface area contributed by atoms with Crippen molar-refractivity contribution in [2.75, 3.05) is 13.2 Å². The van der Waals surface area contributed by atoms with Gasteiger partial charge in [-0.1, -0.05) is 18.3 Å². The molecule has 0 aliphatic heterocycles. The van der Waals surface area contributed by atoms with Gasteiger partial charge in [0.25, 0.3) is 5.19 Å². The number of hydrogen-bond acceptors (Lipinski definition) is 6. The van der Waals surface area contributed by atoms with Crippen LogP contribution in [0.4, 0.5) is 4.39 Å². The van der Waals surface area contributed by atoms with E-state index in [4.69, 9.17) is 14.2 Å². The number of fused-ring (bicyclic) bond motifs is 1. The molecule has 1 aromatic carbocycles. The normalized spacial score (nSPS) is 23.4. The van der Waals surface area contributed by atoms with Crippen molar-refractivity contribution in [2.24, 2.45) is 5.41 Å². The number of ether oxygens (including phenoxy) is 3. The van der Waals surface area contributed by atoms with Crippen molar-refractivity contribution in [3.05, 3.63) is 17.9 Å². The van der Waals surface area contributed by atoms with Gasteiger partial charge in [-0.3, -0.25) is 4.79 Å². The minimum Gasteiger partial charge on any atom is -0.487 e. The van der Waals surface area contributed by atoms with Crippen LogP contribution in [0.2, 0.25) is 0 Å². The lowest BCUT2D eigenvalue weighted by Crippen LogP contribution is -2.36. The number of hydrogen-bond donors (Lipinski definition) is 1. The molecular formula is C23H31FN2O4S. The number of nitrogens with zero attached hydrogens (tertiary/aromatic N) is 1. The molecule has 2 aliphatic carbocycles. The summed E-state index contributed by atoms with van der Waals surface area (Å²) in [5.74, 6) is -0.130. The summed E-state index contributed by atoms with van der Waals surface area (Å²) in [6.45, 7) is 6.75. The third-order valence-corrected chi connectivity index (χ3v) is 7.01. The van der Waals surface area contributed by atoms with E-state index < -0.39 is 0 Å². The van der Waals surface area contributed by atoms with Crippen LogP contribution in [0.15, 0.2) is 12.1 Å². The van der Waals surface area contributed by atoms with E-state index in [1.807, 2.05) is 6.92 Å². The first-order valence-electron chi connectivity index (χ1n) is 11.1. The highest BCUT2D eigenvalue weighted by Gasteiger charge is 2.38. The number of thiazole rings is 1. The van der Waals surface area contributed by atoms with Crippen molar-refractivity contribution in [3.63, 3.8) is 0 Å². The summed E-state index contributed by atoms with van der Waals surface area (Å²) in [6.07, 6.45) is 5.81. The molecule has 1 N–H and O–H groups in total. The minimum atomic E-state index is -0.356. The lowest BCUT2D eigenvalue weighted by molar-refractivity contribution is -0.120. The highest BCUT2D eigenvalue weighted by atomic mass is 32.1. The second kappa shape index (κ2) is 9.28. The van der Waals surface area contributed by atoms with Crippen LogP contribution in [0.5, 0.6) is 10.9 Å². The van der Waals surface area contributed by atoms with Gasteiger partial charge < -0.3 is 19.5 Å². The first kappa shape index (κ1) is 22.3. The second-order valence-electron chi connectivity index (χ2n) is 9.26. The largest absolute Gasteiger partial charge is 0.487 e. The fourth-order valence-corrected chi connectivity index (χ4v) is 4.68. The fourth-order valence-electron chi connectivity index (χ4n) is 3.83. The molecular weight excluding hydrogens is 419 g/mol. The smallest absolute Gasteiger partial charge is 0.274 e. The number of nitrogens with one attached hydrogen (secondary N) is 1. The molecule has 2 fully saturated rings. The molecule has 8 heteroatoms. The molecule has 0 radical (unpaired) electrons. The number of carbonyl (C=O) groups is 1. The summed E-state index contributed by atoms with van der Waals surface area (Å²) in [7, 11) is 0. The summed E-state index contributed by atoms with van der Waals surface area (Å²) in [5, 5.41) is 3.34. The van der Waals surface area contributed by atoms with Crippen molar-refractivity contribution in [1.29, 1.82) is 0 Å². The Kier molecular flexibility index (Phi) is 6.67. The van der Waals surface area contributed by atoms with Gasteiger partial charge in [0.1, 0.15) is 0 Å². The Morgan fingerprint density at radius 2 is 2.00 bits per heavy atom. The first-order valence-corrected chi connectivity index (χ1v) is 11.9. The Morgan fingerprint density at radius 1 is 1.29 bits per heavy atom. The summed E-state index contributed by atoms with van der Waals surface area (Å²) in [4.78, 5) is 15.5. The van der Waals surface area contributed by atoms with Crippen LogP contribution < -0.4 is 14.8 Å². The summed E-state index contributed by atoms with van der Waals surface area (Å²) in [5.41, 5.74) is 0.867. The average molecular weight is 451 g/mol. The molecule has 0 saturated heterocycles. The quantitative estimate of drug-likeness (QED) is 0.592. The summed E-state index contributed by atoms with van der Waals surface area (Å²) < 4.78 is 33.2. The molecule has 0 bridgehead atoms. The van der Waals surface area contributed by atoms with E-state index in [1.165, 1.54) is 31.1 Å². The maximum absolute atomic E-state index is 15.0. The number of rotatable bonds is 9. The maximum atomic E-state index is 15.0. The Morgan fingerprint density at radius 3 is 2.68 bits per heavy atom. The maximum Gasteiger partial charge on any atom is 0.274 e. The number of benzene rings is 1. The predicted octanol–water partition coefficient (Wildman–Crippen LogP) is 4.85. The van der Waals surface area contributed by atoms with E-state index in [-0.39, 0.29) is 41.1 Å². The third-order valence-electron chi connectivity index (χ3n) is 6.04. The van der Waals surface area contributed by atoms with Gasteiger partial charge in [-0.25, -0.2) is 9.37 Å². The zero-order chi connectivity index (χ0) is 22.0. The van der Waals surface area contributed by atoms with Gasteiger partial charge in [0.15, 0.2) is 11.6 Å². The number of halogens is 1.